The van der Waals surface area contributed by atoms with Gasteiger partial charge in [0.15, 0.2) is 0 Å². The van der Waals surface area contributed by atoms with Crippen molar-refractivity contribution in [1.29, 1.82) is 5.26 Å². The topological polar surface area (TPSA) is 64.4 Å². The lowest BCUT2D eigenvalue weighted by Gasteiger charge is -2.24. The summed E-state index contributed by atoms with van der Waals surface area (Å²) in [4.78, 5) is 28.2. The Morgan fingerprint density at radius 2 is 1.81 bits per heavy atom. The molecule has 0 fully saturated rings. The van der Waals surface area contributed by atoms with Crippen LogP contribution in [0.3, 0.4) is 0 Å². The van der Waals surface area contributed by atoms with Crippen molar-refractivity contribution >= 4 is 28.2 Å². The smallest absolute Gasteiger partial charge is 0.242 e. The predicted molar refractivity (Wildman–Crippen MR) is 84.5 cm³/mol. The van der Waals surface area contributed by atoms with E-state index in [4.69, 9.17) is 0 Å². The Kier molecular flexibility index (Phi) is 5.91. The van der Waals surface area contributed by atoms with Crippen LogP contribution in [0, 0.1) is 25.2 Å². The minimum Gasteiger partial charge on any atom is -0.342 e. The van der Waals surface area contributed by atoms with E-state index in [0.717, 1.165) is 10.4 Å². The molecule has 0 spiro atoms. The normalized spacial score (nSPS) is 10.1. The summed E-state index contributed by atoms with van der Waals surface area (Å²) in [5.41, 5.74) is 1.36. The number of nitriles is 1. The molecule has 0 aromatic carbocycles. The van der Waals surface area contributed by atoms with E-state index in [1.807, 2.05) is 27.7 Å². The number of anilines is 1. The number of carbonyl (C=O) groups excluding carboxylic acids is 2. The molecule has 1 heterocycles. The van der Waals surface area contributed by atoms with E-state index >= 15 is 0 Å². The van der Waals surface area contributed by atoms with Gasteiger partial charge in [0.1, 0.15) is 17.6 Å². The van der Waals surface area contributed by atoms with Crippen molar-refractivity contribution in [3.05, 3.63) is 16.0 Å². The van der Waals surface area contributed by atoms with Gasteiger partial charge in [-0.2, -0.15) is 5.26 Å². The van der Waals surface area contributed by atoms with Gasteiger partial charge in [-0.3, -0.25) is 14.5 Å². The molecule has 5 nitrogen and oxygen atoms in total. The van der Waals surface area contributed by atoms with Crippen molar-refractivity contribution < 1.29 is 9.59 Å². The Hall–Kier alpha value is -1.87. The summed E-state index contributed by atoms with van der Waals surface area (Å²) in [6.07, 6.45) is 0. The largest absolute Gasteiger partial charge is 0.342 e. The number of thiophene rings is 1. The third-order valence-corrected chi connectivity index (χ3v) is 4.74. The molecule has 0 saturated heterocycles. The van der Waals surface area contributed by atoms with Crippen LogP contribution in [-0.4, -0.2) is 36.3 Å². The minimum atomic E-state index is -0.228. The number of hydrogen-bond acceptors (Lipinski definition) is 4. The number of hydrogen-bond donors (Lipinski definition) is 0. The SMILES string of the molecule is CCN(CC)C(=O)CN(C(C)=O)c1sc(C)c(C)c1C#N. The van der Waals surface area contributed by atoms with Crippen LogP contribution >= 0.6 is 11.3 Å². The van der Waals surface area contributed by atoms with Gasteiger partial charge in [0, 0.05) is 24.9 Å². The molecular weight excluding hydrogens is 286 g/mol. The molecule has 0 aliphatic heterocycles. The van der Waals surface area contributed by atoms with Gasteiger partial charge < -0.3 is 4.90 Å². The van der Waals surface area contributed by atoms with Crippen molar-refractivity contribution in [1.82, 2.24) is 4.90 Å². The molecule has 114 valence electrons. The zero-order chi connectivity index (χ0) is 16.2. The Morgan fingerprint density at radius 3 is 2.24 bits per heavy atom. The van der Waals surface area contributed by atoms with Crippen molar-refractivity contribution in [3.63, 3.8) is 0 Å². The zero-order valence-corrected chi connectivity index (χ0v) is 14.0. The van der Waals surface area contributed by atoms with Crippen LogP contribution in [0.25, 0.3) is 0 Å². The van der Waals surface area contributed by atoms with E-state index in [1.54, 1.807) is 4.90 Å². The van der Waals surface area contributed by atoms with Crippen LogP contribution < -0.4 is 4.90 Å². The standard InChI is InChI=1S/C15H21N3O2S/c1-6-17(7-2)14(20)9-18(12(5)19)15-13(8-16)10(3)11(4)21-15/h6-7,9H2,1-5H3. The first kappa shape index (κ1) is 17.2. The predicted octanol–water partition coefficient (Wildman–Crippen LogP) is 2.46. The summed E-state index contributed by atoms with van der Waals surface area (Å²) >= 11 is 1.38. The molecule has 2 amide bonds. The Morgan fingerprint density at radius 1 is 1.24 bits per heavy atom. The highest BCUT2D eigenvalue weighted by molar-refractivity contribution is 7.16. The van der Waals surface area contributed by atoms with Crippen LogP contribution in [0.1, 0.15) is 36.8 Å². The summed E-state index contributed by atoms with van der Waals surface area (Å²) < 4.78 is 0. The number of rotatable bonds is 5. The summed E-state index contributed by atoms with van der Waals surface area (Å²) in [6.45, 7) is 10.2. The van der Waals surface area contributed by atoms with Crippen LogP contribution in [-0.2, 0) is 9.59 Å². The average Bonchev–Trinajstić information content (AvgIpc) is 2.72. The molecule has 0 bridgehead atoms. The fourth-order valence-electron chi connectivity index (χ4n) is 2.07. The molecule has 0 aliphatic carbocycles. The van der Waals surface area contributed by atoms with Crippen molar-refractivity contribution in [3.8, 4) is 6.07 Å². The van der Waals surface area contributed by atoms with Crippen LogP contribution in [0.15, 0.2) is 0 Å². The van der Waals surface area contributed by atoms with Gasteiger partial charge in [-0.05, 0) is 33.3 Å². The van der Waals surface area contributed by atoms with Gasteiger partial charge >= 0.3 is 0 Å². The molecular formula is C15H21N3O2S. The van der Waals surface area contributed by atoms with Crippen LogP contribution in [0.5, 0.6) is 0 Å². The molecule has 1 aromatic rings. The fourth-order valence-corrected chi connectivity index (χ4v) is 3.22. The Balaban J connectivity index is 3.15. The average molecular weight is 307 g/mol. The van der Waals surface area contributed by atoms with E-state index in [2.05, 4.69) is 6.07 Å². The maximum absolute atomic E-state index is 12.2. The molecule has 1 aromatic heterocycles. The second-order valence-electron chi connectivity index (χ2n) is 4.75. The maximum Gasteiger partial charge on any atom is 0.242 e. The van der Waals surface area contributed by atoms with Crippen molar-refractivity contribution in [2.75, 3.05) is 24.5 Å². The van der Waals surface area contributed by atoms with Crippen molar-refractivity contribution in [2.24, 2.45) is 0 Å². The third kappa shape index (κ3) is 3.61. The lowest BCUT2D eigenvalue weighted by atomic mass is 10.2. The molecule has 0 aliphatic rings. The molecule has 0 atom stereocenters. The van der Waals surface area contributed by atoms with Crippen molar-refractivity contribution in [2.45, 2.75) is 34.6 Å². The first-order valence-electron chi connectivity index (χ1n) is 6.93. The van der Waals surface area contributed by atoms with E-state index in [0.29, 0.717) is 23.7 Å². The number of carbonyl (C=O) groups is 2. The van der Waals surface area contributed by atoms with Crippen LogP contribution in [0.4, 0.5) is 5.00 Å². The zero-order valence-electron chi connectivity index (χ0n) is 13.2. The van der Waals surface area contributed by atoms with E-state index in [1.165, 1.54) is 23.2 Å². The minimum absolute atomic E-state index is 0.0227. The second kappa shape index (κ2) is 7.23. The number of likely N-dealkylation sites (N-methyl/N-ethyl adjacent to an activating group) is 1. The highest BCUT2D eigenvalue weighted by Crippen LogP contribution is 2.34. The molecule has 6 heteroatoms. The summed E-state index contributed by atoms with van der Waals surface area (Å²) in [5.74, 6) is -0.337. The summed E-state index contributed by atoms with van der Waals surface area (Å²) in [7, 11) is 0. The summed E-state index contributed by atoms with van der Waals surface area (Å²) in [5, 5.41) is 9.87. The molecule has 0 radical (unpaired) electrons. The van der Waals surface area contributed by atoms with Gasteiger partial charge in [0.25, 0.3) is 0 Å². The maximum atomic E-state index is 12.2. The van der Waals surface area contributed by atoms with E-state index in [-0.39, 0.29) is 18.4 Å². The lowest BCUT2D eigenvalue weighted by Crippen LogP contribution is -2.42. The van der Waals surface area contributed by atoms with Gasteiger partial charge in [0.05, 0.1) is 5.56 Å². The van der Waals surface area contributed by atoms with Crippen LogP contribution in [0.2, 0.25) is 0 Å². The molecule has 0 saturated carbocycles. The number of nitrogens with zero attached hydrogens (tertiary/aromatic N) is 3. The first-order chi connectivity index (χ1) is 9.87. The number of aryl methyl sites for hydroxylation is 1. The third-order valence-electron chi connectivity index (χ3n) is 3.51. The lowest BCUT2D eigenvalue weighted by molar-refractivity contribution is -0.130. The molecule has 1 rings (SSSR count). The molecule has 0 N–H and O–H groups in total. The molecule has 0 unspecified atom stereocenters. The second-order valence-corrected chi connectivity index (χ2v) is 5.95. The monoisotopic (exact) mass is 307 g/mol. The van der Waals surface area contributed by atoms with Gasteiger partial charge in [-0.25, -0.2) is 0 Å². The highest BCUT2D eigenvalue weighted by Gasteiger charge is 2.24. The van der Waals surface area contributed by atoms with Gasteiger partial charge in [0.2, 0.25) is 11.8 Å². The van der Waals surface area contributed by atoms with Gasteiger partial charge in [-0.15, -0.1) is 11.3 Å². The van der Waals surface area contributed by atoms with E-state index < -0.39 is 0 Å². The highest BCUT2D eigenvalue weighted by atomic mass is 32.1. The molecule has 21 heavy (non-hydrogen) atoms. The fraction of sp³-hybridized carbons (Fsp3) is 0.533. The Labute approximate surface area is 129 Å². The van der Waals surface area contributed by atoms with Gasteiger partial charge in [-0.1, -0.05) is 0 Å². The number of amides is 2. The van der Waals surface area contributed by atoms with E-state index in [9.17, 15) is 14.9 Å². The Bertz CT molecular complexity index is 582. The summed E-state index contributed by atoms with van der Waals surface area (Å²) in [6, 6.07) is 2.14. The quantitative estimate of drug-likeness (QED) is 0.839. The first-order valence-corrected chi connectivity index (χ1v) is 7.74.